The lowest BCUT2D eigenvalue weighted by Gasteiger charge is -2.10. The van der Waals surface area contributed by atoms with Crippen LogP contribution >= 0.6 is 0 Å². The Morgan fingerprint density at radius 1 is 1.10 bits per heavy atom. The molecule has 0 fully saturated rings. The summed E-state index contributed by atoms with van der Waals surface area (Å²) in [6.07, 6.45) is 1.77. The fraction of sp³-hybridized carbons (Fsp3) is 0.286. The van der Waals surface area contributed by atoms with Gasteiger partial charge in [-0.2, -0.15) is 0 Å². The number of hydrogen-bond donors (Lipinski definition) is 2. The van der Waals surface area contributed by atoms with E-state index in [0.717, 1.165) is 5.75 Å². The summed E-state index contributed by atoms with van der Waals surface area (Å²) in [5, 5.41) is 5.54. The lowest BCUT2D eigenvalue weighted by molar-refractivity contribution is 0.0926. The normalized spacial score (nSPS) is 10.9. The first-order valence-electron chi connectivity index (χ1n) is 9.32. The highest BCUT2D eigenvalue weighted by molar-refractivity contribution is 6.08. The first-order chi connectivity index (χ1) is 14.0. The zero-order valence-electron chi connectivity index (χ0n) is 16.6. The van der Waals surface area contributed by atoms with Crippen LogP contribution in [0, 0.1) is 0 Å². The number of imidazole rings is 1. The Kier molecular flexibility index (Phi) is 6.46. The van der Waals surface area contributed by atoms with Gasteiger partial charge in [-0.25, -0.2) is 4.98 Å². The van der Waals surface area contributed by atoms with Gasteiger partial charge in [0.05, 0.1) is 18.2 Å². The number of rotatable bonds is 8. The van der Waals surface area contributed by atoms with E-state index in [1.165, 1.54) is 0 Å². The smallest absolute Gasteiger partial charge is 0.287 e. The highest BCUT2D eigenvalue weighted by atomic mass is 16.5. The van der Waals surface area contributed by atoms with Gasteiger partial charge in [-0.1, -0.05) is 6.07 Å². The second-order valence-electron chi connectivity index (χ2n) is 6.63. The Balaban J connectivity index is 1.81. The second-order valence-corrected chi connectivity index (χ2v) is 6.63. The average Bonchev–Trinajstić information content (AvgIpc) is 3.09. The Morgan fingerprint density at radius 2 is 1.86 bits per heavy atom. The Hall–Kier alpha value is -3.39. The maximum Gasteiger partial charge on any atom is 0.287 e. The summed E-state index contributed by atoms with van der Waals surface area (Å²) in [4.78, 5) is 29.6. The number of benzene rings is 1. The van der Waals surface area contributed by atoms with Crippen molar-refractivity contribution in [1.82, 2.24) is 14.7 Å². The first kappa shape index (κ1) is 20.3. The molecule has 3 aromatic rings. The summed E-state index contributed by atoms with van der Waals surface area (Å²) in [5.74, 6) is 0.0858. The van der Waals surface area contributed by atoms with Crippen LogP contribution in [0.3, 0.4) is 0 Å². The van der Waals surface area contributed by atoms with E-state index >= 15 is 0 Å². The number of hydrogen-bond acceptors (Lipinski definition) is 5. The van der Waals surface area contributed by atoms with Crippen molar-refractivity contribution in [2.24, 2.45) is 0 Å². The minimum atomic E-state index is -0.401. The first-order valence-corrected chi connectivity index (χ1v) is 9.32. The van der Waals surface area contributed by atoms with Gasteiger partial charge in [0.2, 0.25) is 5.82 Å². The van der Waals surface area contributed by atoms with Crippen molar-refractivity contribution in [3.05, 3.63) is 60.2 Å². The zero-order chi connectivity index (χ0) is 20.8. The summed E-state index contributed by atoms with van der Waals surface area (Å²) in [5.41, 5.74) is 1.32. The van der Waals surface area contributed by atoms with Gasteiger partial charge in [-0.3, -0.25) is 14.0 Å². The summed E-state index contributed by atoms with van der Waals surface area (Å²) in [7, 11) is 1.56. The number of carbonyl (C=O) groups is 2. The van der Waals surface area contributed by atoms with Crippen molar-refractivity contribution < 1.29 is 19.1 Å². The molecule has 3 rings (SSSR count). The third-order valence-corrected chi connectivity index (χ3v) is 4.04. The van der Waals surface area contributed by atoms with Gasteiger partial charge in [-0.15, -0.1) is 0 Å². The number of amides is 2. The van der Waals surface area contributed by atoms with Crippen LogP contribution in [-0.2, 0) is 4.74 Å². The maximum atomic E-state index is 12.8. The van der Waals surface area contributed by atoms with E-state index in [4.69, 9.17) is 9.47 Å². The quantitative estimate of drug-likeness (QED) is 0.571. The maximum absolute atomic E-state index is 12.8. The van der Waals surface area contributed by atoms with Gasteiger partial charge in [0.15, 0.2) is 5.69 Å². The fourth-order valence-electron chi connectivity index (χ4n) is 2.79. The van der Waals surface area contributed by atoms with E-state index in [9.17, 15) is 9.59 Å². The molecule has 2 amide bonds. The van der Waals surface area contributed by atoms with Gasteiger partial charge < -0.3 is 20.1 Å². The summed E-state index contributed by atoms with van der Waals surface area (Å²) < 4.78 is 12.1. The van der Waals surface area contributed by atoms with Gasteiger partial charge >= 0.3 is 0 Å². The van der Waals surface area contributed by atoms with E-state index in [1.807, 2.05) is 13.8 Å². The Morgan fingerprint density at radius 3 is 2.55 bits per heavy atom. The molecule has 0 spiro atoms. The molecule has 0 bridgehead atoms. The topological polar surface area (TPSA) is 94.0 Å². The molecular formula is C21H24N4O4. The van der Waals surface area contributed by atoms with Crippen molar-refractivity contribution in [2.45, 2.75) is 20.0 Å². The average molecular weight is 396 g/mol. The van der Waals surface area contributed by atoms with Crippen LogP contribution in [0.2, 0.25) is 0 Å². The number of nitrogens with one attached hydrogen (secondary N) is 2. The molecule has 0 radical (unpaired) electrons. The van der Waals surface area contributed by atoms with Crippen LogP contribution in [-0.4, -0.2) is 47.6 Å². The Labute approximate surface area is 168 Å². The largest absolute Gasteiger partial charge is 0.491 e. The number of carbonyl (C=O) groups excluding carboxylic acids is 2. The molecule has 0 saturated carbocycles. The molecule has 2 N–H and O–H groups in total. The van der Waals surface area contributed by atoms with Crippen LogP contribution in [0.5, 0.6) is 5.75 Å². The van der Waals surface area contributed by atoms with E-state index in [-0.39, 0.29) is 23.5 Å². The van der Waals surface area contributed by atoms with Crippen LogP contribution in [0.4, 0.5) is 5.69 Å². The molecule has 152 valence electrons. The molecule has 2 aromatic heterocycles. The number of anilines is 1. The van der Waals surface area contributed by atoms with Crippen molar-refractivity contribution >= 4 is 23.0 Å². The molecule has 29 heavy (non-hydrogen) atoms. The van der Waals surface area contributed by atoms with Crippen molar-refractivity contribution in [3.8, 4) is 5.75 Å². The highest BCUT2D eigenvalue weighted by Crippen LogP contribution is 2.19. The minimum absolute atomic E-state index is 0.0702. The van der Waals surface area contributed by atoms with Crippen LogP contribution in [0.1, 0.15) is 35.0 Å². The van der Waals surface area contributed by atoms with Gasteiger partial charge in [0.25, 0.3) is 11.8 Å². The van der Waals surface area contributed by atoms with Crippen molar-refractivity contribution in [1.29, 1.82) is 0 Å². The molecule has 0 saturated heterocycles. The molecule has 0 unspecified atom stereocenters. The SMILES string of the molecule is COCCNC(=O)c1nc(C(=O)Nc2ccc(OC(C)C)cc2)c2ccccn12. The molecule has 0 atom stereocenters. The molecule has 8 heteroatoms. The minimum Gasteiger partial charge on any atom is -0.491 e. The van der Waals surface area contributed by atoms with Crippen molar-refractivity contribution in [3.63, 3.8) is 0 Å². The van der Waals surface area contributed by atoms with E-state index in [0.29, 0.717) is 24.4 Å². The van der Waals surface area contributed by atoms with Gasteiger partial charge in [0, 0.05) is 25.5 Å². The highest BCUT2D eigenvalue weighted by Gasteiger charge is 2.21. The van der Waals surface area contributed by atoms with E-state index < -0.39 is 5.91 Å². The third-order valence-electron chi connectivity index (χ3n) is 4.04. The molecule has 2 heterocycles. The van der Waals surface area contributed by atoms with Crippen LogP contribution in [0.15, 0.2) is 48.7 Å². The number of methoxy groups -OCH3 is 1. The molecule has 0 aliphatic heterocycles. The van der Waals surface area contributed by atoms with E-state index in [1.54, 1.807) is 60.2 Å². The number of pyridine rings is 1. The Bertz CT molecular complexity index is 996. The predicted molar refractivity (Wildman–Crippen MR) is 110 cm³/mol. The van der Waals surface area contributed by atoms with Crippen LogP contribution in [0.25, 0.3) is 5.52 Å². The third kappa shape index (κ3) is 4.91. The molecule has 8 nitrogen and oxygen atoms in total. The number of aromatic nitrogens is 2. The lowest BCUT2D eigenvalue weighted by Crippen LogP contribution is -2.28. The molecule has 0 aliphatic rings. The summed E-state index contributed by atoms with van der Waals surface area (Å²) in [6, 6.07) is 12.4. The summed E-state index contributed by atoms with van der Waals surface area (Å²) in [6.45, 7) is 4.63. The fourth-order valence-corrected chi connectivity index (χ4v) is 2.79. The number of nitrogens with zero attached hydrogens (tertiary/aromatic N) is 2. The standard InChI is InChI=1S/C21H24N4O4/c1-14(2)29-16-9-7-15(8-10-16)23-20(26)18-17-6-4-5-12-25(17)19(24-18)21(27)22-11-13-28-3/h4-10,12,14H,11,13H2,1-3H3,(H,22,27)(H,23,26). The van der Waals surface area contributed by atoms with Crippen LogP contribution < -0.4 is 15.4 Å². The van der Waals surface area contributed by atoms with Gasteiger partial charge in [-0.05, 0) is 50.2 Å². The predicted octanol–water partition coefficient (Wildman–Crippen LogP) is 2.75. The molecule has 1 aromatic carbocycles. The number of fused-ring (bicyclic) bond motifs is 1. The molecular weight excluding hydrogens is 372 g/mol. The second kappa shape index (κ2) is 9.20. The van der Waals surface area contributed by atoms with Gasteiger partial charge in [0.1, 0.15) is 5.75 Å². The summed E-state index contributed by atoms with van der Waals surface area (Å²) >= 11 is 0. The zero-order valence-corrected chi connectivity index (χ0v) is 16.6. The molecule has 0 aliphatic carbocycles. The van der Waals surface area contributed by atoms with Crippen molar-refractivity contribution in [2.75, 3.05) is 25.6 Å². The lowest BCUT2D eigenvalue weighted by atomic mass is 10.2. The monoisotopic (exact) mass is 396 g/mol. The van der Waals surface area contributed by atoms with E-state index in [2.05, 4.69) is 15.6 Å². The number of ether oxygens (including phenoxy) is 2.